The molecule has 0 aliphatic carbocycles. The quantitative estimate of drug-likeness (QED) is 0.415. The molecule has 1 saturated heterocycles. The Morgan fingerprint density at radius 1 is 1.32 bits per heavy atom. The summed E-state index contributed by atoms with van der Waals surface area (Å²) in [6.07, 6.45) is -2.90. The van der Waals surface area contributed by atoms with Crippen molar-refractivity contribution >= 4 is 11.2 Å². The first-order chi connectivity index (χ1) is 9.10. The maximum atomic E-state index is 11.1. The highest BCUT2D eigenvalue weighted by atomic mass is 16.6. The minimum atomic E-state index is -1.24. The molecule has 0 bridgehead atoms. The monoisotopic (exact) mass is 268 g/mol. The minimum absolute atomic E-state index is 0.130. The van der Waals surface area contributed by atoms with Gasteiger partial charge in [0.25, 0.3) is 0 Å². The molecule has 3 rings (SSSR count). The lowest BCUT2D eigenvalue weighted by molar-refractivity contribution is -0.0252. The zero-order chi connectivity index (χ0) is 13.6. The number of nitrogens with zero attached hydrogens (tertiary/aromatic N) is 2. The van der Waals surface area contributed by atoms with Crippen LogP contribution < -0.4 is 5.69 Å². The van der Waals surface area contributed by atoms with E-state index in [4.69, 9.17) is 9.84 Å². The highest BCUT2D eigenvalue weighted by Gasteiger charge is 2.44. The molecule has 0 aromatic carbocycles. The number of hydrogen-bond donors (Lipinski definition) is 5. The van der Waals surface area contributed by atoms with Gasteiger partial charge in [0, 0.05) is 0 Å². The zero-order valence-electron chi connectivity index (χ0n) is 9.65. The minimum Gasteiger partial charge on any atom is -0.394 e. The van der Waals surface area contributed by atoms with Gasteiger partial charge in [0.2, 0.25) is 0 Å². The summed E-state index contributed by atoms with van der Waals surface area (Å²) in [5.74, 6) is 0.130. The van der Waals surface area contributed by atoms with Crippen molar-refractivity contribution in [3.63, 3.8) is 0 Å². The maximum Gasteiger partial charge on any atom is 0.325 e. The molecule has 9 heteroatoms. The lowest BCUT2D eigenvalue weighted by atomic mass is 10.1. The summed E-state index contributed by atoms with van der Waals surface area (Å²) in [7, 11) is 0. The Labute approximate surface area is 105 Å². The van der Waals surface area contributed by atoms with Crippen LogP contribution in [0.15, 0.2) is 11.0 Å². The number of fused-ring (bicyclic) bond motifs is 1. The topological polar surface area (TPSA) is 144 Å². The number of ether oxygens (including phenoxy) is 1. The van der Waals surface area contributed by atoms with Gasteiger partial charge < -0.3 is 25.0 Å². The van der Waals surface area contributed by atoms with E-state index in [1.807, 2.05) is 0 Å². The SMILES string of the molecule is O=c1[nH]c2cnc([C@@H]3O[C@H](CO)[C@@H](O)[C@H]3O)nc2[nH]1. The van der Waals surface area contributed by atoms with Crippen LogP contribution >= 0.6 is 0 Å². The van der Waals surface area contributed by atoms with E-state index in [1.54, 1.807) is 0 Å². The molecule has 102 valence electrons. The largest absolute Gasteiger partial charge is 0.394 e. The molecule has 0 saturated carbocycles. The molecule has 0 unspecified atom stereocenters. The summed E-state index contributed by atoms with van der Waals surface area (Å²) in [5, 5.41) is 28.5. The smallest absolute Gasteiger partial charge is 0.325 e. The lowest BCUT2D eigenvalue weighted by Crippen LogP contribution is -2.32. The van der Waals surface area contributed by atoms with Gasteiger partial charge >= 0.3 is 5.69 Å². The van der Waals surface area contributed by atoms with Crippen molar-refractivity contribution in [3.8, 4) is 0 Å². The molecule has 1 aliphatic heterocycles. The predicted molar refractivity (Wildman–Crippen MR) is 61.2 cm³/mol. The molecule has 1 fully saturated rings. The Hall–Kier alpha value is -1.81. The molecule has 0 spiro atoms. The summed E-state index contributed by atoms with van der Waals surface area (Å²) < 4.78 is 5.30. The first-order valence-electron chi connectivity index (χ1n) is 5.67. The summed E-state index contributed by atoms with van der Waals surface area (Å²) in [4.78, 5) is 24.1. The van der Waals surface area contributed by atoms with Crippen LogP contribution in [-0.2, 0) is 4.74 Å². The van der Waals surface area contributed by atoms with Gasteiger partial charge in [-0.2, -0.15) is 0 Å². The highest BCUT2D eigenvalue weighted by Crippen LogP contribution is 2.31. The second-order valence-electron chi connectivity index (χ2n) is 4.33. The van der Waals surface area contributed by atoms with Crippen molar-refractivity contribution in [3.05, 3.63) is 22.5 Å². The molecular weight excluding hydrogens is 256 g/mol. The number of hydrogen-bond acceptors (Lipinski definition) is 7. The van der Waals surface area contributed by atoms with Gasteiger partial charge in [-0.15, -0.1) is 0 Å². The van der Waals surface area contributed by atoms with Crippen molar-refractivity contribution in [1.29, 1.82) is 0 Å². The van der Waals surface area contributed by atoms with Crippen LogP contribution in [0, 0.1) is 0 Å². The molecule has 3 heterocycles. The molecule has 9 nitrogen and oxygen atoms in total. The average molecular weight is 268 g/mol. The van der Waals surface area contributed by atoms with Gasteiger partial charge in [-0.25, -0.2) is 14.8 Å². The van der Waals surface area contributed by atoms with E-state index in [0.717, 1.165) is 0 Å². The van der Waals surface area contributed by atoms with Crippen LogP contribution in [0.25, 0.3) is 11.2 Å². The maximum absolute atomic E-state index is 11.1. The van der Waals surface area contributed by atoms with E-state index >= 15 is 0 Å². The van der Waals surface area contributed by atoms with E-state index in [1.165, 1.54) is 6.20 Å². The molecule has 4 atom stereocenters. The number of aromatic nitrogens is 4. The lowest BCUT2D eigenvalue weighted by Gasteiger charge is -2.12. The second kappa shape index (κ2) is 4.38. The van der Waals surface area contributed by atoms with Crippen LogP contribution in [-0.4, -0.2) is 60.2 Å². The standard InChI is InChI=1S/C10H12N4O5/c15-2-4-5(16)6(17)7(19-4)9-11-1-3-8(13-9)14-10(18)12-3/h1,4-7,15-17H,2H2,(H2,11,12,13,14,18)/t4-,5-,6-,7-/m1/s1. The number of aliphatic hydroxyl groups is 3. The van der Waals surface area contributed by atoms with Gasteiger partial charge in [0.05, 0.1) is 12.8 Å². The fraction of sp³-hybridized carbons (Fsp3) is 0.500. The number of rotatable bonds is 2. The van der Waals surface area contributed by atoms with Gasteiger partial charge in [-0.05, 0) is 0 Å². The van der Waals surface area contributed by atoms with Gasteiger partial charge in [0.15, 0.2) is 11.5 Å². The molecule has 19 heavy (non-hydrogen) atoms. The third-order valence-electron chi connectivity index (χ3n) is 3.08. The first-order valence-corrected chi connectivity index (χ1v) is 5.67. The van der Waals surface area contributed by atoms with Crippen molar-refractivity contribution in [2.24, 2.45) is 0 Å². The molecule has 0 radical (unpaired) electrons. The highest BCUT2D eigenvalue weighted by molar-refractivity contribution is 5.68. The van der Waals surface area contributed by atoms with Crippen LogP contribution in [0.5, 0.6) is 0 Å². The van der Waals surface area contributed by atoms with Crippen molar-refractivity contribution < 1.29 is 20.1 Å². The molecule has 2 aromatic heterocycles. The molecule has 0 amide bonds. The third-order valence-corrected chi connectivity index (χ3v) is 3.08. The normalized spacial score (nSPS) is 31.1. The average Bonchev–Trinajstić information content (AvgIpc) is 2.90. The van der Waals surface area contributed by atoms with Crippen LogP contribution in [0.3, 0.4) is 0 Å². The summed E-state index contributed by atoms with van der Waals surface area (Å²) in [6.45, 7) is -0.419. The Morgan fingerprint density at radius 3 is 2.79 bits per heavy atom. The fourth-order valence-corrected chi connectivity index (χ4v) is 2.09. The van der Waals surface area contributed by atoms with E-state index in [2.05, 4.69) is 19.9 Å². The number of nitrogens with one attached hydrogen (secondary N) is 2. The van der Waals surface area contributed by atoms with Crippen LogP contribution in [0.2, 0.25) is 0 Å². The molecule has 2 aromatic rings. The number of aliphatic hydroxyl groups excluding tert-OH is 3. The predicted octanol–water partition coefficient (Wildman–Crippen LogP) is -2.20. The fourth-order valence-electron chi connectivity index (χ4n) is 2.09. The van der Waals surface area contributed by atoms with E-state index < -0.39 is 36.7 Å². The van der Waals surface area contributed by atoms with Crippen molar-refractivity contribution in [2.75, 3.05) is 6.61 Å². The van der Waals surface area contributed by atoms with E-state index in [0.29, 0.717) is 5.52 Å². The Balaban J connectivity index is 1.98. The van der Waals surface area contributed by atoms with Crippen LogP contribution in [0.4, 0.5) is 0 Å². The van der Waals surface area contributed by atoms with Gasteiger partial charge in [-0.3, -0.25) is 4.98 Å². The number of imidazole rings is 1. The molecule has 5 N–H and O–H groups in total. The van der Waals surface area contributed by atoms with Gasteiger partial charge in [0.1, 0.15) is 29.9 Å². The van der Waals surface area contributed by atoms with E-state index in [-0.39, 0.29) is 11.5 Å². The number of H-pyrrole nitrogens is 2. The summed E-state index contributed by atoms with van der Waals surface area (Å²) >= 11 is 0. The summed E-state index contributed by atoms with van der Waals surface area (Å²) in [5.41, 5.74) is 0.302. The Morgan fingerprint density at radius 2 is 2.11 bits per heavy atom. The molecular formula is C10H12N4O5. The van der Waals surface area contributed by atoms with Crippen molar-refractivity contribution in [1.82, 2.24) is 19.9 Å². The molecule has 1 aliphatic rings. The third kappa shape index (κ3) is 1.92. The van der Waals surface area contributed by atoms with Crippen molar-refractivity contribution in [2.45, 2.75) is 24.4 Å². The second-order valence-corrected chi connectivity index (χ2v) is 4.33. The summed E-state index contributed by atoms with van der Waals surface area (Å²) in [6, 6.07) is 0. The number of aromatic amines is 2. The first kappa shape index (κ1) is 12.2. The Bertz CT molecular complexity index is 653. The van der Waals surface area contributed by atoms with Gasteiger partial charge in [-0.1, -0.05) is 0 Å². The van der Waals surface area contributed by atoms with E-state index in [9.17, 15) is 15.0 Å². The zero-order valence-corrected chi connectivity index (χ0v) is 9.65. The van der Waals surface area contributed by atoms with Crippen LogP contribution in [0.1, 0.15) is 11.9 Å². The Kier molecular flexibility index (Phi) is 2.82.